The van der Waals surface area contributed by atoms with Crippen LogP contribution < -0.4 is 0 Å². The van der Waals surface area contributed by atoms with Gasteiger partial charge in [-0.2, -0.15) is 0 Å². The molecule has 0 spiro atoms. The van der Waals surface area contributed by atoms with Crippen molar-refractivity contribution >= 4 is 108 Å². The molecular formula is C57H31N3O2S. The summed E-state index contributed by atoms with van der Waals surface area (Å²) in [6.45, 7) is 0. The fourth-order valence-corrected chi connectivity index (χ4v) is 11.0. The summed E-state index contributed by atoms with van der Waals surface area (Å²) in [6, 6.07) is 66.3. The van der Waals surface area contributed by atoms with E-state index < -0.39 is 0 Å². The molecular weight excluding hydrogens is 791 g/mol. The highest BCUT2D eigenvalue weighted by Gasteiger charge is 2.21. The molecule has 0 aliphatic carbocycles. The lowest BCUT2D eigenvalue weighted by Crippen LogP contribution is -2.01. The van der Waals surface area contributed by atoms with Gasteiger partial charge < -0.3 is 8.83 Å². The van der Waals surface area contributed by atoms with E-state index in [0.717, 1.165) is 82.3 Å². The summed E-state index contributed by atoms with van der Waals surface area (Å²) in [5.41, 5.74) is 8.54. The van der Waals surface area contributed by atoms with Gasteiger partial charge in [-0.1, -0.05) is 133 Å². The minimum absolute atomic E-state index is 0.594. The van der Waals surface area contributed by atoms with Crippen molar-refractivity contribution in [2.24, 2.45) is 0 Å². The Labute approximate surface area is 363 Å². The minimum atomic E-state index is 0.594. The van der Waals surface area contributed by atoms with Gasteiger partial charge in [0.1, 0.15) is 22.3 Å². The zero-order chi connectivity index (χ0) is 41.2. The number of para-hydroxylation sites is 2. The molecule has 292 valence electrons. The summed E-state index contributed by atoms with van der Waals surface area (Å²) in [4.78, 5) is 16.1. The second-order valence-corrected chi connectivity index (χ2v) is 17.3. The number of hydrogen-bond acceptors (Lipinski definition) is 6. The Morgan fingerprint density at radius 2 is 0.794 bits per heavy atom. The second kappa shape index (κ2) is 13.2. The van der Waals surface area contributed by atoms with Gasteiger partial charge >= 0.3 is 0 Å². The van der Waals surface area contributed by atoms with E-state index in [9.17, 15) is 0 Å². The Morgan fingerprint density at radius 1 is 0.286 bits per heavy atom. The van der Waals surface area contributed by atoms with E-state index in [1.54, 1.807) is 0 Å². The number of furan rings is 2. The summed E-state index contributed by atoms with van der Waals surface area (Å²) in [5.74, 6) is 1.82. The summed E-state index contributed by atoms with van der Waals surface area (Å²) < 4.78 is 14.9. The third kappa shape index (κ3) is 5.19. The quantitative estimate of drug-likeness (QED) is 0.165. The number of benzene rings is 10. The molecule has 0 atom stereocenters. The lowest BCUT2D eigenvalue weighted by molar-refractivity contribution is 0.668. The van der Waals surface area contributed by atoms with Crippen LogP contribution in [0.5, 0.6) is 0 Å². The molecule has 10 aromatic carbocycles. The molecule has 0 aliphatic heterocycles. The van der Waals surface area contributed by atoms with Crippen molar-refractivity contribution in [2.45, 2.75) is 0 Å². The predicted molar refractivity (Wildman–Crippen MR) is 262 cm³/mol. The van der Waals surface area contributed by atoms with Crippen LogP contribution in [0.15, 0.2) is 197 Å². The molecule has 0 N–H and O–H groups in total. The summed E-state index contributed by atoms with van der Waals surface area (Å²) >= 11 is 1.81. The average molecular weight is 822 g/mol. The van der Waals surface area contributed by atoms with Crippen LogP contribution in [0.2, 0.25) is 0 Å². The van der Waals surface area contributed by atoms with Crippen LogP contribution in [-0.4, -0.2) is 15.0 Å². The van der Waals surface area contributed by atoms with E-state index in [2.05, 4.69) is 146 Å². The monoisotopic (exact) mass is 821 g/mol. The van der Waals surface area contributed by atoms with Gasteiger partial charge in [-0.25, -0.2) is 15.0 Å². The van der Waals surface area contributed by atoms with E-state index in [0.29, 0.717) is 17.5 Å². The number of hydrogen-bond donors (Lipinski definition) is 0. The highest BCUT2D eigenvalue weighted by molar-refractivity contribution is 7.25. The SMILES string of the molecule is c1ccc2c(c1)oc1ccc(-c3ccc4c(c3)sc3ccc(-c5nc(-c6cccc7oc8ccccc8c67)nc(-c6cccc7c8ccccc8c8ccccc8c67)n5)cc34)cc12. The molecule has 4 heterocycles. The first-order chi connectivity index (χ1) is 31.2. The molecule has 0 fully saturated rings. The topological polar surface area (TPSA) is 65.0 Å². The molecule has 0 bridgehead atoms. The van der Waals surface area contributed by atoms with Gasteiger partial charge in [0.2, 0.25) is 0 Å². The largest absolute Gasteiger partial charge is 0.456 e. The number of fused-ring (bicyclic) bond motifs is 15. The molecule has 0 saturated carbocycles. The Bertz CT molecular complexity index is 4190. The van der Waals surface area contributed by atoms with Crippen LogP contribution in [0.3, 0.4) is 0 Å². The second-order valence-electron chi connectivity index (χ2n) is 16.2. The molecule has 0 unspecified atom stereocenters. The van der Waals surface area contributed by atoms with Crippen LogP contribution >= 0.6 is 11.3 Å². The summed E-state index contributed by atoms with van der Waals surface area (Å²) in [7, 11) is 0. The Morgan fingerprint density at radius 3 is 1.57 bits per heavy atom. The summed E-state index contributed by atoms with van der Waals surface area (Å²) in [5, 5.41) is 13.7. The number of nitrogens with zero attached hydrogens (tertiary/aromatic N) is 3. The first-order valence-corrected chi connectivity index (χ1v) is 21.9. The lowest BCUT2D eigenvalue weighted by Gasteiger charge is -2.15. The van der Waals surface area contributed by atoms with E-state index >= 15 is 0 Å². The molecule has 0 amide bonds. The Kier molecular flexibility index (Phi) is 7.21. The number of aromatic nitrogens is 3. The molecule has 0 aliphatic rings. The van der Waals surface area contributed by atoms with E-state index in [1.807, 2.05) is 53.8 Å². The highest BCUT2D eigenvalue weighted by Crippen LogP contribution is 2.43. The van der Waals surface area contributed by atoms with Gasteiger partial charge in [0.15, 0.2) is 17.5 Å². The zero-order valence-corrected chi connectivity index (χ0v) is 34.3. The van der Waals surface area contributed by atoms with Crippen LogP contribution in [0.25, 0.3) is 142 Å². The molecule has 6 heteroatoms. The minimum Gasteiger partial charge on any atom is -0.456 e. The third-order valence-electron chi connectivity index (χ3n) is 12.7. The highest BCUT2D eigenvalue weighted by atomic mass is 32.1. The summed E-state index contributed by atoms with van der Waals surface area (Å²) in [6.07, 6.45) is 0. The number of thiophene rings is 1. The molecule has 0 saturated heterocycles. The van der Waals surface area contributed by atoms with Gasteiger partial charge in [0.25, 0.3) is 0 Å². The maximum absolute atomic E-state index is 6.37. The fraction of sp³-hybridized carbons (Fsp3) is 0. The first-order valence-electron chi connectivity index (χ1n) is 21.1. The van der Waals surface area contributed by atoms with Crippen molar-refractivity contribution < 1.29 is 8.83 Å². The maximum Gasteiger partial charge on any atom is 0.164 e. The molecule has 14 rings (SSSR count). The average Bonchev–Trinajstić information content (AvgIpc) is 4.04. The molecule has 14 aromatic rings. The normalized spacial score (nSPS) is 12.1. The fourth-order valence-electron chi connectivity index (χ4n) is 9.85. The van der Waals surface area contributed by atoms with Gasteiger partial charge in [-0.3, -0.25) is 0 Å². The van der Waals surface area contributed by atoms with Crippen molar-refractivity contribution in [3.8, 4) is 45.3 Å². The molecule has 5 nitrogen and oxygen atoms in total. The van der Waals surface area contributed by atoms with Crippen molar-refractivity contribution in [1.29, 1.82) is 0 Å². The first kappa shape index (κ1) is 34.5. The smallest absolute Gasteiger partial charge is 0.164 e. The molecule has 63 heavy (non-hydrogen) atoms. The van der Waals surface area contributed by atoms with Crippen molar-refractivity contribution in [1.82, 2.24) is 15.0 Å². The third-order valence-corrected chi connectivity index (χ3v) is 13.9. The van der Waals surface area contributed by atoms with Crippen LogP contribution in [0.1, 0.15) is 0 Å². The van der Waals surface area contributed by atoms with Crippen LogP contribution in [-0.2, 0) is 0 Å². The van der Waals surface area contributed by atoms with Crippen LogP contribution in [0, 0.1) is 0 Å². The van der Waals surface area contributed by atoms with Crippen LogP contribution in [0.4, 0.5) is 0 Å². The number of rotatable bonds is 4. The van der Waals surface area contributed by atoms with E-state index in [4.69, 9.17) is 23.8 Å². The zero-order valence-electron chi connectivity index (χ0n) is 33.5. The maximum atomic E-state index is 6.37. The lowest BCUT2D eigenvalue weighted by atomic mass is 9.91. The predicted octanol–water partition coefficient (Wildman–Crippen LogP) is 16.2. The van der Waals surface area contributed by atoms with Gasteiger partial charge in [-0.15, -0.1) is 11.3 Å². The van der Waals surface area contributed by atoms with Crippen molar-refractivity contribution in [3.63, 3.8) is 0 Å². The van der Waals surface area contributed by atoms with Crippen molar-refractivity contribution in [3.05, 3.63) is 188 Å². The Hall–Kier alpha value is -8.19. The van der Waals surface area contributed by atoms with Gasteiger partial charge in [0, 0.05) is 63.8 Å². The van der Waals surface area contributed by atoms with Gasteiger partial charge in [-0.05, 0) is 92.7 Å². The molecule has 0 radical (unpaired) electrons. The van der Waals surface area contributed by atoms with Gasteiger partial charge in [0.05, 0.1) is 0 Å². The standard InChI is InChI=1S/C57H31N3O2S/c1-2-12-37-35(11-1)36-13-3-4-15-40(36)53-41(37)17-9-18-43(53)56-58-55(59-57(60-56)44-19-10-22-50-54(44)42-16-6-8-21-48(42)62-50)34-25-28-51-46(30-34)39-26-23-33(31-52(39)63-51)32-24-27-49-45(29-32)38-14-5-7-20-47(38)61-49/h1-31H. The Balaban J connectivity index is 0.980. The molecule has 4 aromatic heterocycles. The van der Waals surface area contributed by atoms with Crippen molar-refractivity contribution in [2.75, 3.05) is 0 Å². The van der Waals surface area contributed by atoms with E-state index in [-0.39, 0.29) is 0 Å². The van der Waals surface area contributed by atoms with E-state index in [1.165, 1.54) is 41.9 Å².